The molecule has 1 saturated heterocycles. The van der Waals surface area contributed by atoms with Crippen molar-refractivity contribution in [1.29, 1.82) is 0 Å². The summed E-state index contributed by atoms with van der Waals surface area (Å²) in [6.07, 6.45) is 7.88. The molecule has 2 aromatic rings. The van der Waals surface area contributed by atoms with Gasteiger partial charge in [0.15, 0.2) is 0 Å². The third-order valence-corrected chi connectivity index (χ3v) is 4.74. The zero-order valence-electron chi connectivity index (χ0n) is 12.8. The van der Waals surface area contributed by atoms with Crippen LogP contribution in [0.5, 0.6) is 0 Å². The molecule has 1 N–H and O–H groups in total. The summed E-state index contributed by atoms with van der Waals surface area (Å²) in [5.74, 6) is 1.30. The molecule has 3 nitrogen and oxygen atoms in total. The van der Waals surface area contributed by atoms with Crippen LogP contribution in [-0.4, -0.2) is 34.7 Å². The molecule has 1 aliphatic rings. The van der Waals surface area contributed by atoms with Crippen LogP contribution in [0.25, 0.3) is 0 Å². The van der Waals surface area contributed by atoms with Crippen LogP contribution in [0, 0.1) is 0 Å². The van der Waals surface area contributed by atoms with E-state index >= 15 is 0 Å². The molecular formula is C18H25N3. The Hall–Kier alpha value is -1.61. The summed E-state index contributed by atoms with van der Waals surface area (Å²) < 4.78 is 0. The summed E-state index contributed by atoms with van der Waals surface area (Å²) in [7, 11) is 0. The van der Waals surface area contributed by atoms with E-state index < -0.39 is 0 Å². The zero-order chi connectivity index (χ0) is 14.5. The molecule has 0 saturated carbocycles. The average molecular weight is 283 g/mol. The molecule has 0 amide bonds. The minimum Gasteiger partial charge on any atom is -0.303 e. The van der Waals surface area contributed by atoms with E-state index in [0.717, 1.165) is 0 Å². The van der Waals surface area contributed by atoms with Gasteiger partial charge in [-0.15, -0.1) is 0 Å². The number of hydrogen-bond donors (Lipinski definition) is 1. The van der Waals surface area contributed by atoms with Gasteiger partial charge in [-0.1, -0.05) is 37.3 Å². The fourth-order valence-electron chi connectivity index (χ4n) is 3.34. The van der Waals surface area contributed by atoms with E-state index in [1.165, 1.54) is 50.0 Å². The van der Waals surface area contributed by atoms with Gasteiger partial charge in [0, 0.05) is 12.7 Å². The number of piperidine rings is 1. The first-order valence-corrected chi connectivity index (χ1v) is 8.09. The summed E-state index contributed by atoms with van der Waals surface area (Å²) >= 11 is 0. The van der Waals surface area contributed by atoms with E-state index in [1.54, 1.807) is 0 Å². The first kappa shape index (κ1) is 14.3. The SMILES string of the molecule is C[C@H](CCN1CCC[C@@H](c2cn[nH]c2)C1)c1ccccc1. The fraction of sp³-hybridized carbons (Fsp3) is 0.500. The van der Waals surface area contributed by atoms with Gasteiger partial charge < -0.3 is 4.90 Å². The van der Waals surface area contributed by atoms with Gasteiger partial charge >= 0.3 is 0 Å². The fourth-order valence-corrected chi connectivity index (χ4v) is 3.34. The predicted molar refractivity (Wildman–Crippen MR) is 86.5 cm³/mol. The van der Waals surface area contributed by atoms with Gasteiger partial charge in [-0.3, -0.25) is 5.10 Å². The normalized spacial score (nSPS) is 21.3. The van der Waals surface area contributed by atoms with Crippen LogP contribution >= 0.6 is 0 Å². The van der Waals surface area contributed by atoms with E-state index in [1.807, 2.05) is 6.20 Å². The molecule has 0 bridgehead atoms. The van der Waals surface area contributed by atoms with Gasteiger partial charge in [-0.05, 0) is 55.3 Å². The van der Waals surface area contributed by atoms with Crippen molar-refractivity contribution < 1.29 is 0 Å². The molecule has 2 heterocycles. The van der Waals surface area contributed by atoms with Gasteiger partial charge in [-0.2, -0.15) is 5.10 Å². The Labute approximate surface area is 127 Å². The highest BCUT2D eigenvalue weighted by Crippen LogP contribution is 2.27. The number of likely N-dealkylation sites (tertiary alicyclic amines) is 1. The second kappa shape index (κ2) is 6.90. The van der Waals surface area contributed by atoms with Gasteiger partial charge in [0.25, 0.3) is 0 Å². The number of hydrogen-bond acceptors (Lipinski definition) is 2. The second-order valence-corrected chi connectivity index (χ2v) is 6.27. The Morgan fingerprint density at radius 2 is 2.19 bits per heavy atom. The highest BCUT2D eigenvalue weighted by Gasteiger charge is 2.22. The van der Waals surface area contributed by atoms with Crippen molar-refractivity contribution >= 4 is 0 Å². The van der Waals surface area contributed by atoms with Crippen molar-refractivity contribution in [3.8, 4) is 0 Å². The van der Waals surface area contributed by atoms with E-state index in [2.05, 4.69) is 58.5 Å². The van der Waals surface area contributed by atoms with E-state index in [9.17, 15) is 0 Å². The lowest BCUT2D eigenvalue weighted by atomic mass is 9.92. The molecule has 0 aliphatic carbocycles. The lowest BCUT2D eigenvalue weighted by Gasteiger charge is -2.33. The maximum atomic E-state index is 4.09. The van der Waals surface area contributed by atoms with Crippen molar-refractivity contribution in [3.05, 3.63) is 53.9 Å². The quantitative estimate of drug-likeness (QED) is 0.905. The Morgan fingerprint density at radius 1 is 1.33 bits per heavy atom. The van der Waals surface area contributed by atoms with E-state index in [4.69, 9.17) is 0 Å². The van der Waals surface area contributed by atoms with Crippen LogP contribution in [-0.2, 0) is 0 Å². The van der Waals surface area contributed by atoms with Crippen LogP contribution in [0.15, 0.2) is 42.7 Å². The average Bonchev–Trinajstić information content (AvgIpc) is 3.08. The van der Waals surface area contributed by atoms with Gasteiger partial charge in [0.1, 0.15) is 0 Å². The van der Waals surface area contributed by atoms with Crippen molar-refractivity contribution in [2.75, 3.05) is 19.6 Å². The van der Waals surface area contributed by atoms with Crippen LogP contribution < -0.4 is 0 Å². The maximum absolute atomic E-state index is 4.09. The standard InChI is InChI=1S/C18H25N3/c1-15(16-6-3-2-4-7-16)9-11-21-10-5-8-17(14-21)18-12-19-20-13-18/h2-4,6-7,12-13,15,17H,5,8-11,14H2,1H3,(H,19,20)/t15-,17-/m1/s1. The lowest BCUT2D eigenvalue weighted by Crippen LogP contribution is -2.35. The summed E-state index contributed by atoms with van der Waals surface area (Å²) in [5, 5.41) is 7.04. The van der Waals surface area contributed by atoms with Crippen LogP contribution in [0.3, 0.4) is 0 Å². The highest BCUT2D eigenvalue weighted by atomic mass is 15.1. The maximum Gasteiger partial charge on any atom is 0.0522 e. The first-order valence-electron chi connectivity index (χ1n) is 8.09. The van der Waals surface area contributed by atoms with Crippen molar-refractivity contribution in [1.82, 2.24) is 15.1 Å². The molecule has 0 spiro atoms. The number of H-pyrrole nitrogens is 1. The summed E-state index contributed by atoms with van der Waals surface area (Å²) in [6.45, 7) is 5.97. The van der Waals surface area contributed by atoms with Crippen molar-refractivity contribution in [2.24, 2.45) is 0 Å². The number of benzene rings is 1. The molecule has 2 atom stereocenters. The smallest absolute Gasteiger partial charge is 0.0522 e. The number of nitrogens with one attached hydrogen (secondary N) is 1. The Balaban J connectivity index is 1.51. The number of aromatic amines is 1. The largest absolute Gasteiger partial charge is 0.303 e. The summed E-state index contributed by atoms with van der Waals surface area (Å²) in [6, 6.07) is 10.9. The Bertz CT molecular complexity index is 521. The summed E-state index contributed by atoms with van der Waals surface area (Å²) in [4.78, 5) is 2.63. The molecule has 1 aromatic carbocycles. The molecule has 1 aromatic heterocycles. The number of rotatable bonds is 5. The van der Waals surface area contributed by atoms with Crippen LogP contribution in [0.2, 0.25) is 0 Å². The number of nitrogens with zero attached hydrogens (tertiary/aromatic N) is 2. The van der Waals surface area contributed by atoms with Crippen LogP contribution in [0.1, 0.15) is 49.1 Å². The molecule has 1 fully saturated rings. The number of aromatic nitrogens is 2. The van der Waals surface area contributed by atoms with Gasteiger partial charge in [0.05, 0.1) is 6.20 Å². The molecule has 3 rings (SSSR count). The zero-order valence-corrected chi connectivity index (χ0v) is 12.8. The van der Waals surface area contributed by atoms with Crippen molar-refractivity contribution in [2.45, 2.75) is 38.0 Å². The second-order valence-electron chi connectivity index (χ2n) is 6.27. The third kappa shape index (κ3) is 3.73. The van der Waals surface area contributed by atoms with E-state index in [0.29, 0.717) is 11.8 Å². The predicted octanol–water partition coefficient (Wildman–Crippen LogP) is 3.78. The van der Waals surface area contributed by atoms with Crippen LogP contribution in [0.4, 0.5) is 0 Å². The first-order chi connectivity index (χ1) is 10.3. The lowest BCUT2D eigenvalue weighted by molar-refractivity contribution is 0.202. The minimum atomic E-state index is 0.639. The molecule has 21 heavy (non-hydrogen) atoms. The molecule has 1 aliphatic heterocycles. The third-order valence-electron chi connectivity index (χ3n) is 4.74. The molecule has 112 valence electrons. The molecular weight excluding hydrogens is 258 g/mol. The topological polar surface area (TPSA) is 31.9 Å². The van der Waals surface area contributed by atoms with Crippen molar-refractivity contribution in [3.63, 3.8) is 0 Å². The van der Waals surface area contributed by atoms with Gasteiger partial charge in [-0.25, -0.2) is 0 Å². The molecule has 0 radical (unpaired) electrons. The van der Waals surface area contributed by atoms with E-state index in [-0.39, 0.29) is 0 Å². The monoisotopic (exact) mass is 283 g/mol. The highest BCUT2D eigenvalue weighted by molar-refractivity contribution is 5.18. The molecule has 3 heteroatoms. The Kier molecular flexibility index (Phi) is 4.71. The van der Waals surface area contributed by atoms with Gasteiger partial charge in [0.2, 0.25) is 0 Å². The Morgan fingerprint density at radius 3 is 2.95 bits per heavy atom. The summed E-state index contributed by atoms with van der Waals surface area (Å²) in [5.41, 5.74) is 2.83. The minimum absolute atomic E-state index is 0.639. The molecule has 0 unspecified atom stereocenters.